The summed E-state index contributed by atoms with van der Waals surface area (Å²) in [5.41, 5.74) is 7.74. The lowest BCUT2D eigenvalue weighted by Crippen LogP contribution is -2.42. The summed E-state index contributed by atoms with van der Waals surface area (Å²) < 4.78 is 0. The van der Waals surface area contributed by atoms with Crippen LogP contribution in [0.5, 0.6) is 0 Å². The van der Waals surface area contributed by atoms with Crippen molar-refractivity contribution in [2.75, 3.05) is 6.54 Å². The van der Waals surface area contributed by atoms with Crippen molar-refractivity contribution in [2.24, 2.45) is 5.73 Å². The molecular weight excluding hydrogens is 238 g/mol. The molecule has 0 aromatic heterocycles. The van der Waals surface area contributed by atoms with E-state index in [9.17, 15) is 10.1 Å². The van der Waals surface area contributed by atoms with Crippen LogP contribution in [0.1, 0.15) is 43.4 Å². The number of nitrogens with zero attached hydrogens (tertiary/aromatic N) is 2. The molecule has 1 saturated heterocycles. The Kier molecular flexibility index (Phi) is 4.18. The number of nitriles is 1. The van der Waals surface area contributed by atoms with E-state index in [4.69, 9.17) is 5.73 Å². The molecule has 0 saturated carbocycles. The van der Waals surface area contributed by atoms with E-state index in [0.29, 0.717) is 18.5 Å². The molecule has 19 heavy (non-hydrogen) atoms. The molecule has 2 atom stereocenters. The highest BCUT2D eigenvalue weighted by atomic mass is 16.2. The fourth-order valence-electron chi connectivity index (χ4n) is 2.81. The molecule has 2 rings (SSSR count). The highest BCUT2D eigenvalue weighted by Crippen LogP contribution is 2.31. The first-order valence-corrected chi connectivity index (χ1v) is 6.73. The molecule has 1 aliphatic heterocycles. The zero-order valence-corrected chi connectivity index (χ0v) is 11.2. The normalized spacial score (nSPS) is 23.8. The Morgan fingerprint density at radius 1 is 1.47 bits per heavy atom. The van der Waals surface area contributed by atoms with Crippen molar-refractivity contribution < 1.29 is 4.79 Å². The summed E-state index contributed by atoms with van der Waals surface area (Å²) in [6, 6.07) is 9.33. The molecule has 2 N–H and O–H groups in total. The van der Waals surface area contributed by atoms with Gasteiger partial charge in [-0.2, -0.15) is 5.26 Å². The summed E-state index contributed by atoms with van der Waals surface area (Å²) >= 11 is 0. The molecule has 4 nitrogen and oxygen atoms in total. The van der Waals surface area contributed by atoms with Gasteiger partial charge in [-0.05, 0) is 31.4 Å². The summed E-state index contributed by atoms with van der Waals surface area (Å²) in [5.74, 6) is 0.133. The van der Waals surface area contributed by atoms with Gasteiger partial charge in [-0.25, -0.2) is 0 Å². The van der Waals surface area contributed by atoms with Crippen LogP contribution in [-0.4, -0.2) is 23.4 Å². The topological polar surface area (TPSA) is 70.1 Å². The average molecular weight is 257 g/mol. The first-order chi connectivity index (χ1) is 9.19. The number of amides is 1. The van der Waals surface area contributed by atoms with E-state index in [2.05, 4.69) is 6.07 Å². The number of hydrogen-bond acceptors (Lipinski definition) is 3. The van der Waals surface area contributed by atoms with Gasteiger partial charge in [-0.15, -0.1) is 0 Å². The molecule has 1 aromatic rings. The zero-order valence-electron chi connectivity index (χ0n) is 11.2. The van der Waals surface area contributed by atoms with Crippen molar-refractivity contribution in [3.8, 4) is 6.07 Å². The van der Waals surface area contributed by atoms with Crippen molar-refractivity contribution >= 4 is 5.91 Å². The largest absolute Gasteiger partial charge is 0.334 e. The van der Waals surface area contributed by atoms with Crippen molar-refractivity contribution in [1.29, 1.82) is 5.26 Å². The second-order valence-corrected chi connectivity index (χ2v) is 4.88. The van der Waals surface area contributed by atoms with Gasteiger partial charge < -0.3 is 10.6 Å². The van der Waals surface area contributed by atoms with Gasteiger partial charge in [-0.1, -0.05) is 18.2 Å². The van der Waals surface area contributed by atoms with Crippen molar-refractivity contribution in [3.05, 3.63) is 35.4 Å². The number of hydrogen-bond donors (Lipinski definition) is 1. The molecule has 0 aliphatic carbocycles. The van der Waals surface area contributed by atoms with E-state index in [1.165, 1.54) is 0 Å². The number of rotatable bonds is 2. The minimum atomic E-state index is -0.184. The maximum Gasteiger partial charge on any atom is 0.223 e. The molecule has 0 spiro atoms. The summed E-state index contributed by atoms with van der Waals surface area (Å²) in [5, 5.41) is 9.24. The summed E-state index contributed by atoms with van der Waals surface area (Å²) in [6.07, 6.45) is 2.18. The van der Waals surface area contributed by atoms with Crippen LogP contribution in [0, 0.1) is 11.3 Å². The molecule has 100 valence electrons. The standard InChI is InChI=1S/C15H19N3O/c1-2-18-14(19)9-5-8-13(17)15(18)12-7-4-3-6-11(12)10-16/h3-4,6-7,13,15H,2,5,8-9,17H2,1H3. The van der Waals surface area contributed by atoms with E-state index in [1.54, 1.807) is 6.07 Å². The van der Waals surface area contributed by atoms with Crippen LogP contribution < -0.4 is 5.73 Å². The lowest BCUT2D eigenvalue weighted by Gasteiger charge is -2.33. The third-order valence-electron chi connectivity index (χ3n) is 3.73. The van der Waals surface area contributed by atoms with Crippen LogP contribution >= 0.6 is 0 Å². The lowest BCUT2D eigenvalue weighted by molar-refractivity contribution is -0.133. The Balaban J connectivity index is 2.48. The fraction of sp³-hybridized carbons (Fsp3) is 0.467. The van der Waals surface area contributed by atoms with E-state index >= 15 is 0 Å². The Bertz CT molecular complexity index is 506. The van der Waals surface area contributed by atoms with E-state index in [1.807, 2.05) is 30.0 Å². The highest BCUT2D eigenvalue weighted by Gasteiger charge is 2.32. The van der Waals surface area contributed by atoms with E-state index in [0.717, 1.165) is 18.4 Å². The van der Waals surface area contributed by atoms with Crippen molar-refractivity contribution in [3.63, 3.8) is 0 Å². The second-order valence-electron chi connectivity index (χ2n) is 4.88. The lowest BCUT2D eigenvalue weighted by atomic mass is 9.93. The van der Waals surface area contributed by atoms with Crippen LogP contribution in [0.25, 0.3) is 0 Å². The Morgan fingerprint density at radius 3 is 2.89 bits per heavy atom. The molecule has 4 heteroatoms. The van der Waals surface area contributed by atoms with Crippen molar-refractivity contribution in [2.45, 2.75) is 38.3 Å². The maximum absolute atomic E-state index is 12.2. The second kappa shape index (κ2) is 5.85. The van der Waals surface area contributed by atoms with Crippen molar-refractivity contribution in [1.82, 2.24) is 4.90 Å². The zero-order chi connectivity index (χ0) is 13.8. The molecular formula is C15H19N3O. The molecule has 1 aromatic carbocycles. The van der Waals surface area contributed by atoms with E-state index in [-0.39, 0.29) is 18.0 Å². The number of carbonyl (C=O) groups excluding carboxylic acids is 1. The molecule has 1 heterocycles. The van der Waals surface area contributed by atoms with Crippen LogP contribution in [0.4, 0.5) is 0 Å². The van der Waals surface area contributed by atoms with Gasteiger partial charge in [-0.3, -0.25) is 4.79 Å². The average Bonchev–Trinajstić information content (AvgIpc) is 2.57. The minimum absolute atomic E-state index is 0.110. The predicted octanol–water partition coefficient (Wildman–Crippen LogP) is 1.96. The number of nitrogens with two attached hydrogens (primary N) is 1. The summed E-state index contributed by atoms with van der Waals surface area (Å²) in [6.45, 7) is 2.58. The Hall–Kier alpha value is -1.86. The fourth-order valence-corrected chi connectivity index (χ4v) is 2.81. The SMILES string of the molecule is CCN1C(=O)CCCC(N)C1c1ccccc1C#N. The van der Waals surface area contributed by atoms with Crippen LogP contribution in [0.3, 0.4) is 0 Å². The third-order valence-corrected chi connectivity index (χ3v) is 3.73. The highest BCUT2D eigenvalue weighted by molar-refractivity contribution is 5.77. The van der Waals surface area contributed by atoms with Gasteiger partial charge in [0, 0.05) is 19.0 Å². The first-order valence-electron chi connectivity index (χ1n) is 6.73. The molecule has 1 fully saturated rings. The number of likely N-dealkylation sites (N-methyl/N-ethyl adjacent to an activating group) is 1. The predicted molar refractivity (Wildman–Crippen MR) is 73.1 cm³/mol. The quantitative estimate of drug-likeness (QED) is 0.880. The third kappa shape index (κ3) is 2.61. The van der Waals surface area contributed by atoms with Gasteiger partial charge in [0.2, 0.25) is 5.91 Å². The molecule has 0 bridgehead atoms. The Morgan fingerprint density at radius 2 is 2.21 bits per heavy atom. The van der Waals surface area contributed by atoms with Gasteiger partial charge >= 0.3 is 0 Å². The molecule has 1 amide bonds. The minimum Gasteiger partial charge on any atom is -0.334 e. The Labute approximate surface area is 113 Å². The number of carbonyl (C=O) groups is 1. The van der Waals surface area contributed by atoms with Crippen LogP contribution in [0.15, 0.2) is 24.3 Å². The van der Waals surface area contributed by atoms with Crippen LogP contribution in [0.2, 0.25) is 0 Å². The summed E-state index contributed by atoms with van der Waals surface area (Å²) in [4.78, 5) is 14.0. The van der Waals surface area contributed by atoms with Gasteiger partial charge in [0.1, 0.15) is 0 Å². The maximum atomic E-state index is 12.2. The molecule has 2 unspecified atom stereocenters. The molecule has 1 aliphatic rings. The van der Waals surface area contributed by atoms with Crippen LogP contribution in [-0.2, 0) is 4.79 Å². The summed E-state index contributed by atoms with van der Waals surface area (Å²) in [7, 11) is 0. The van der Waals surface area contributed by atoms with Gasteiger partial charge in [0.05, 0.1) is 17.7 Å². The van der Waals surface area contributed by atoms with Gasteiger partial charge in [0.15, 0.2) is 0 Å². The molecule has 0 radical (unpaired) electrons. The number of benzene rings is 1. The van der Waals surface area contributed by atoms with Gasteiger partial charge in [0.25, 0.3) is 0 Å². The number of likely N-dealkylation sites (tertiary alicyclic amines) is 1. The smallest absolute Gasteiger partial charge is 0.223 e. The monoisotopic (exact) mass is 257 g/mol. The van der Waals surface area contributed by atoms with E-state index < -0.39 is 0 Å². The first kappa shape index (κ1) is 13.6.